The molecule has 0 bridgehead atoms. The summed E-state index contributed by atoms with van der Waals surface area (Å²) >= 11 is 0. The highest BCUT2D eigenvalue weighted by Gasteiger charge is 2.35. The number of carbonyl (C=O) groups excluding carboxylic acids is 2. The molecule has 0 fully saturated rings. The van der Waals surface area contributed by atoms with Crippen molar-refractivity contribution in [2.45, 2.75) is 31.6 Å². The van der Waals surface area contributed by atoms with Gasteiger partial charge in [0.2, 0.25) is 12.1 Å². The van der Waals surface area contributed by atoms with E-state index in [1.54, 1.807) is 54.6 Å². The van der Waals surface area contributed by atoms with E-state index in [0.717, 1.165) is 0 Å². The fourth-order valence-electron chi connectivity index (χ4n) is 3.95. The molecule has 3 aromatic carbocycles. The summed E-state index contributed by atoms with van der Waals surface area (Å²) in [7, 11) is 1.50. The van der Waals surface area contributed by atoms with E-state index in [-0.39, 0.29) is 0 Å². The number of benzene rings is 3. The molecule has 0 saturated carbocycles. The maximum Gasteiger partial charge on any atom is 0.389 e. The molecular weight excluding hydrogens is 511 g/mol. The first-order valence-corrected chi connectivity index (χ1v) is 12.2. The van der Waals surface area contributed by atoms with Crippen molar-refractivity contribution in [3.63, 3.8) is 0 Å². The Morgan fingerprint density at radius 1 is 0.949 bits per heavy atom. The highest BCUT2D eigenvalue weighted by molar-refractivity contribution is 6.20. The molecule has 0 aliphatic carbocycles. The van der Waals surface area contributed by atoms with Crippen LogP contribution in [0, 0.1) is 5.92 Å². The zero-order valence-corrected chi connectivity index (χ0v) is 21.1. The van der Waals surface area contributed by atoms with Crippen molar-refractivity contribution in [2.24, 2.45) is 10.9 Å². The van der Waals surface area contributed by atoms with Crippen LogP contribution in [0.4, 0.5) is 18.9 Å². The number of amides is 2. The monoisotopic (exact) mass is 539 g/mol. The number of aliphatic carboxylic acids is 1. The number of hydrogen-bond donors (Lipinski definition) is 2. The summed E-state index contributed by atoms with van der Waals surface area (Å²) in [5.41, 5.74) is 2.27. The molecule has 1 aliphatic rings. The van der Waals surface area contributed by atoms with Crippen LogP contribution in [0.15, 0.2) is 96.0 Å². The number of carbonyl (C=O) groups is 3. The SMILES string of the molecule is CN1C(=O)C(NC(=O)C(CCC(F)(F)F)CC(=O)O)N=C(c2ccccc2)c2ccccc21.c1ccccc1. The van der Waals surface area contributed by atoms with Gasteiger partial charge in [-0.15, -0.1) is 0 Å². The first-order chi connectivity index (χ1) is 18.6. The maximum absolute atomic E-state index is 13.1. The van der Waals surface area contributed by atoms with E-state index in [0.29, 0.717) is 22.5 Å². The van der Waals surface area contributed by atoms with E-state index >= 15 is 0 Å². The van der Waals surface area contributed by atoms with E-state index in [2.05, 4.69) is 10.3 Å². The van der Waals surface area contributed by atoms with Gasteiger partial charge in [0, 0.05) is 30.5 Å². The molecule has 39 heavy (non-hydrogen) atoms. The van der Waals surface area contributed by atoms with E-state index in [4.69, 9.17) is 5.11 Å². The number of carboxylic acid groups (broad SMARTS) is 1. The largest absolute Gasteiger partial charge is 0.481 e. The Balaban J connectivity index is 0.000000617. The van der Waals surface area contributed by atoms with Gasteiger partial charge in [-0.05, 0) is 12.5 Å². The van der Waals surface area contributed by atoms with Gasteiger partial charge < -0.3 is 15.3 Å². The van der Waals surface area contributed by atoms with E-state index in [9.17, 15) is 27.6 Å². The molecule has 1 heterocycles. The van der Waals surface area contributed by atoms with E-state index in [1.165, 1.54) is 11.9 Å². The number of alkyl halides is 3. The summed E-state index contributed by atoms with van der Waals surface area (Å²) in [6.45, 7) is 0. The summed E-state index contributed by atoms with van der Waals surface area (Å²) < 4.78 is 38.0. The van der Waals surface area contributed by atoms with Gasteiger partial charge in [0.05, 0.1) is 17.8 Å². The van der Waals surface area contributed by atoms with E-state index in [1.807, 2.05) is 36.4 Å². The Labute approximate surface area is 224 Å². The zero-order valence-electron chi connectivity index (χ0n) is 21.1. The molecule has 0 spiro atoms. The molecule has 2 N–H and O–H groups in total. The highest BCUT2D eigenvalue weighted by atomic mass is 19.4. The molecule has 0 radical (unpaired) electrons. The predicted octanol–water partition coefficient (Wildman–Crippen LogP) is 5.06. The van der Waals surface area contributed by atoms with Crippen LogP contribution in [-0.2, 0) is 14.4 Å². The molecule has 10 heteroatoms. The van der Waals surface area contributed by atoms with Gasteiger partial charge in [0.1, 0.15) is 0 Å². The number of halogens is 3. The first-order valence-electron chi connectivity index (χ1n) is 12.2. The number of nitrogens with zero attached hydrogens (tertiary/aromatic N) is 2. The number of anilines is 1. The lowest BCUT2D eigenvalue weighted by Gasteiger charge is -2.22. The van der Waals surface area contributed by atoms with Crippen molar-refractivity contribution in [3.05, 3.63) is 102 Å². The van der Waals surface area contributed by atoms with Crippen LogP contribution in [0.1, 0.15) is 30.4 Å². The summed E-state index contributed by atoms with van der Waals surface area (Å²) in [6, 6.07) is 27.9. The summed E-state index contributed by atoms with van der Waals surface area (Å²) in [5, 5.41) is 11.4. The second-order valence-corrected chi connectivity index (χ2v) is 8.77. The zero-order chi connectivity index (χ0) is 28.4. The highest BCUT2D eigenvalue weighted by Crippen LogP contribution is 2.28. The van der Waals surface area contributed by atoms with Crippen LogP contribution in [0.3, 0.4) is 0 Å². The van der Waals surface area contributed by atoms with Gasteiger partial charge in [0.25, 0.3) is 5.91 Å². The maximum atomic E-state index is 13.1. The number of carboxylic acids is 1. The minimum Gasteiger partial charge on any atom is -0.481 e. The molecule has 7 nitrogen and oxygen atoms in total. The van der Waals surface area contributed by atoms with Gasteiger partial charge >= 0.3 is 12.1 Å². The predicted molar refractivity (Wildman–Crippen MR) is 141 cm³/mol. The lowest BCUT2D eigenvalue weighted by molar-refractivity contribution is -0.148. The molecule has 2 atom stereocenters. The average molecular weight is 540 g/mol. The molecular formula is C29H28F3N3O4. The molecule has 204 valence electrons. The van der Waals surface area contributed by atoms with Crippen molar-refractivity contribution in [1.29, 1.82) is 0 Å². The van der Waals surface area contributed by atoms with E-state index < -0.39 is 55.3 Å². The summed E-state index contributed by atoms with van der Waals surface area (Å²) in [6.07, 6.45) is -8.81. The van der Waals surface area contributed by atoms with Crippen LogP contribution in [0.25, 0.3) is 0 Å². The third kappa shape index (κ3) is 8.53. The average Bonchev–Trinajstić information content (AvgIpc) is 3.03. The Morgan fingerprint density at radius 3 is 2.05 bits per heavy atom. The lowest BCUT2D eigenvalue weighted by Crippen LogP contribution is -2.48. The minimum atomic E-state index is -4.55. The smallest absolute Gasteiger partial charge is 0.389 e. The quantitative estimate of drug-likeness (QED) is 0.438. The standard InChI is InChI=1S/C23H22F3N3O4.C6H6/c1-29-17-10-6-5-9-16(17)19(14-7-3-2-4-8-14)27-20(22(29)33)28-21(32)15(13-18(30)31)11-12-23(24,25)26;1-2-4-6-5-3-1/h2-10,15,20H,11-13H2,1H3,(H,28,32)(H,30,31);1-6H. The normalized spacial score (nSPS) is 15.6. The molecule has 3 aromatic rings. The summed E-state index contributed by atoms with van der Waals surface area (Å²) in [4.78, 5) is 42.7. The Kier molecular flexibility index (Phi) is 9.97. The summed E-state index contributed by atoms with van der Waals surface area (Å²) in [5.74, 6) is -4.46. The minimum absolute atomic E-state index is 0.416. The van der Waals surface area contributed by atoms with Crippen LogP contribution in [0.2, 0.25) is 0 Å². The number of aliphatic imine (C=N–C) groups is 1. The third-order valence-electron chi connectivity index (χ3n) is 5.90. The molecule has 4 rings (SSSR count). The first kappa shape index (κ1) is 29.1. The lowest BCUT2D eigenvalue weighted by atomic mass is 9.98. The number of hydrogen-bond acceptors (Lipinski definition) is 4. The van der Waals surface area contributed by atoms with Crippen LogP contribution < -0.4 is 10.2 Å². The Morgan fingerprint density at radius 2 is 1.49 bits per heavy atom. The van der Waals surface area contributed by atoms with Gasteiger partial charge in [0.15, 0.2) is 0 Å². The van der Waals surface area contributed by atoms with Crippen molar-refractivity contribution >= 4 is 29.2 Å². The number of fused-ring (bicyclic) bond motifs is 1. The number of benzodiazepines with no additional fused rings is 1. The van der Waals surface area contributed by atoms with Gasteiger partial charge in [-0.25, -0.2) is 4.99 Å². The topological polar surface area (TPSA) is 99.1 Å². The molecule has 1 aliphatic heterocycles. The molecule has 2 amide bonds. The van der Waals surface area contributed by atoms with Crippen molar-refractivity contribution in [2.75, 3.05) is 11.9 Å². The molecule has 0 aromatic heterocycles. The number of rotatable bonds is 7. The van der Waals surface area contributed by atoms with Crippen molar-refractivity contribution in [3.8, 4) is 0 Å². The van der Waals surface area contributed by atoms with Gasteiger partial charge in [-0.2, -0.15) is 13.2 Å². The fourth-order valence-corrected chi connectivity index (χ4v) is 3.95. The van der Waals surface area contributed by atoms with Gasteiger partial charge in [-0.3, -0.25) is 14.4 Å². The second kappa shape index (κ2) is 13.4. The van der Waals surface area contributed by atoms with Crippen molar-refractivity contribution in [1.82, 2.24) is 5.32 Å². The van der Waals surface area contributed by atoms with Crippen molar-refractivity contribution < 1.29 is 32.7 Å². The number of nitrogens with one attached hydrogen (secondary N) is 1. The van der Waals surface area contributed by atoms with Crippen LogP contribution in [0.5, 0.6) is 0 Å². The Bertz CT molecular complexity index is 1270. The van der Waals surface area contributed by atoms with Crippen LogP contribution >= 0.6 is 0 Å². The number of para-hydroxylation sites is 1. The van der Waals surface area contributed by atoms with Crippen LogP contribution in [-0.4, -0.2) is 48.0 Å². The third-order valence-corrected chi connectivity index (χ3v) is 5.90. The van der Waals surface area contributed by atoms with Gasteiger partial charge in [-0.1, -0.05) is 84.9 Å². The molecule has 0 saturated heterocycles. The fraction of sp³-hybridized carbons (Fsp3) is 0.241. The second-order valence-electron chi connectivity index (χ2n) is 8.77. The molecule has 2 unspecified atom stereocenters. The number of likely N-dealkylation sites (N-methyl/N-ethyl adjacent to an activating group) is 1. The Hall–Kier alpha value is -4.47.